The van der Waals surface area contributed by atoms with Crippen LogP contribution in [0, 0.1) is 12.7 Å². The lowest BCUT2D eigenvalue weighted by molar-refractivity contribution is 0.577. The van der Waals surface area contributed by atoms with Crippen LogP contribution < -0.4 is 4.31 Å². The van der Waals surface area contributed by atoms with Crippen LogP contribution in [-0.4, -0.2) is 19.9 Å². The second kappa shape index (κ2) is 5.81. The number of hydrogen-bond acceptors (Lipinski definition) is 3. The van der Waals surface area contributed by atoms with Crippen molar-refractivity contribution >= 4 is 26.6 Å². The summed E-state index contributed by atoms with van der Waals surface area (Å²) in [5.74, 6) is -0.509. The van der Waals surface area contributed by atoms with Gasteiger partial charge in [0.1, 0.15) is 10.7 Å². The summed E-state index contributed by atoms with van der Waals surface area (Å²) in [5.41, 5.74) is 2.25. The lowest BCUT2D eigenvalue weighted by Gasteiger charge is -2.31. The number of nitrogens with zero attached hydrogens (tertiary/aromatic N) is 2. The zero-order valence-corrected chi connectivity index (χ0v) is 14.6. The first-order valence-corrected chi connectivity index (χ1v) is 9.58. The maximum Gasteiger partial charge on any atom is 0.266 e. The molecule has 0 fully saturated rings. The van der Waals surface area contributed by atoms with Crippen molar-refractivity contribution < 1.29 is 12.8 Å². The van der Waals surface area contributed by atoms with E-state index >= 15 is 0 Å². The third-order valence-corrected chi connectivity index (χ3v) is 6.34. The minimum absolute atomic E-state index is 0.112. The Labute approximate surface area is 146 Å². The Balaban J connectivity index is 1.93. The molecule has 1 aromatic heterocycles. The molecule has 1 aliphatic heterocycles. The first-order valence-electron chi connectivity index (χ1n) is 8.14. The van der Waals surface area contributed by atoms with Gasteiger partial charge in [-0.1, -0.05) is 24.3 Å². The van der Waals surface area contributed by atoms with Crippen molar-refractivity contribution in [3.8, 4) is 0 Å². The Bertz CT molecular complexity index is 1080. The Kier molecular flexibility index (Phi) is 3.72. The Morgan fingerprint density at radius 3 is 2.80 bits per heavy atom. The molecule has 2 aromatic carbocycles. The van der Waals surface area contributed by atoms with Gasteiger partial charge in [0.15, 0.2) is 0 Å². The van der Waals surface area contributed by atoms with Gasteiger partial charge >= 0.3 is 0 Å². The predicted octanol–water partition coefficient (Wildman–Crippen LogP) is 3.82. The SMILES string of the molecule is Cc1cnc2c(S(=O)(=O)N3CCCc4cccc(F)c43)cccc2c1. The second-order valence-electron chi connectivity index (χ2n) is 6.27. The molecule has 0 saturated heterocycles. The van der Waals surface area contributed by atoms with Gasteiger partial charge in [0.2, 0.25) is 0 Å². The number of anilines is 1. The Morgan fingerprint density at radius 1 is 1.16 bits per heavy atom. The first-order chi connectivity index (χ1) is 12.0. The molecule has 0 radical (unpaired) electrons. The molecule has 128 valence electrons. The molecule has 1 aliphatic rings. The summed E-state index contributed by atoms with van der Waals surface area (Å²) in [7, 11) is -3.91. The molecular weight excluding hydrogens is 339 g/mol. The van der Waals surface area contributed by atoms with E-state index in [0.29, 0.717) is 18.4 Å². The maximum atomic E-state index is 14.4. The maximum absolute atomic E-state index is 14.4. The molecule has 0 N–H and O–H groups in total. The summed E-state index contributed by atoms with van der Waals surface area (Å²) in [4.78, 5) is 4.43. The summed E-state index contributed by atoms with van der Waals surface area (Å²) in [6, 6.07) is 11.7. The Morgan fingerprint density at radius 2 is 1.96 bits per heavy atom. The van der Waals surface area contributed by atoms with E-state index in [9.17, 15) is 12.8 Å². The molecule has 0 unspecified atom stereocenters. The van der Waals surface area contributed by atoms with Crippen LogP contribution in [0.25, 0.3) is 10.9 Å². The molecule has 0 aliphatic carbocycles. The fourth-order valence-corrected chi connectivity index (χ4v) is 5.09. The number of fused-ring (bicyclic) bond motifs is 2. The highest BCUT2D eigenvalue weighted by Gasteiger charge is 2.32. The van der Waals surface area contributed by atoms with Crippen molar-refractivity contribution in [1.82, 2.24) is 4.98 Å². The van der Waals surface area contributed by atoms with Crippen molar-refractivity contribution in [1.29, 1.82) is 0 Å². The van der Waals surface area contributed by atoms with Crippen molar-refractivity contribution in [2.45, 2.75) is 24.7 Å². The smallest absolute Gasteiger partial charge is 0.263 e. The average Bonchev–Trinajstić information content (AvgIpc) is 2.60. The molecule has 0 saturated carbocycles. The molecule has 0 atom stereocenters. The first kappa shape index (κ1) is 16.0. The van der Waals surface area contributed by atoms with E-state index in [0.717, 1.165) is 16.5 Å². The quantitative estimate of drug-likeness (QED) is 0.701. The fourth-order valence-electron chi connectivity index (χ4n) is 3.38. The lowest BCUT2D eigenvalue weighted by Crippen LogP contribution is -2.36. The molecule has 25 heavy (non-hydrogen) atoms. The summed E-state index contributed by atoms with van der Waals surface area (Å²) in [6.07, 6.45) is 2.98. The summed E-state index contributed by atoms with van der Waals surface area (Å²) >= 11 is 0. The monoisotopic (exact) mass is 356 g/mol. The number of benzene rings is 2. The summed E-state index contributed by atoms with van der Waals surface area (Å²) < 4.78 is 42.2. The number of para-hydroxylation sites is 2. The van der Waals surface area contributed by atoms with Gasteiger partial charge in [0.25, 0.3) is 10.0 Å². The van der Waals surface area contributed by atoms with E-state index < -0.39 is 15.8 Å². The van der Waals surface area contributed by atoms with Crippen molar-refractivity contribution in [3.05, 3.63) is 65.6 Å². The zero-order chi connectivity index (χ0) is 17.6. The molecule has 0 amide bonds. The number of halogens is 1. The molecule has 6 heteroatoms. The highest BCUT2D eigenvalue weighted by Crippen LogP contribution is 2.35. The van der Waals surface area contributed by atoms with E-state index in [1.165, 1.54) is 16.4 Å². The van der Waals surface area contributed by atoms with Crippen molar-refractivity contribution in [2.24, 2.45) is 0 Å². The van der Waals surface area contributed by atoms with Gasteiger partial charge in [0, 0.05) is 18.1 Å². The van der Waals surface area contributed by atoms with Crippen LogP contribution in [0.3, 0.4) is 0 Å². The van der Waals surface area contributed by atoms with Gasteiger partial charge in [-0.25, -0.2) is 12.8 Å². The van der Waals surface area contributed by atoms with E-state index in [1.807, 2.05) is 19.1 Å². The van der Waals surface area contributed by atoms with E-state index in [-0.39, 0.29) is 17.1 Å². The van der Waals surface area contributed by atoms with Gasteiger partial charge in [0.05, 0.1) is 11.2 Å². The van der Waals surface area contributed by atoms with Crippen LogP contribution in [0.4, 0.5) is 10.1 Å². The van der Waals surface area contributed by atoms with Crippen LogP contribution >= 0.6 is 0 Å². The van der Waals surface area contributed by atoms with Gasteiger partial charge in [-0.15, -0.1) is 0 Å². The highest BCUT2D eigenvalue weighted by atomic mass is 32.2. The molecule has 4 rings (SSSR count). The molecule has 0 spiro atoms. The fraction of sp³-hybridized carbons (Fsp3) is 0.211. The molecule has 2 heterocycles. The van der Waals surface area contributed by atoms with E-state index in [4.69, 9.17) is 0 Å². The lowest BCUT2D eigenvalue weighted by atomic mass is 10.0. The van der Waals surface area contributed by atoms with Crippen LogP contribution in [0.15, 0.2) is 53.6 Å². The third kappa shape index (κ3) is 2.57. The predicted molar refractivity (Wildman–Crippen MR) is 95.7 cm³/mol. The largest absolute Gasteiger partial charge is 0.266 e. The highest BCUT2D eigenvalue weighted by molar-refractivity contribution is 7.93. The van der Waals surface area contributed by atoms with Gasteiger partial charge in [-0.3, -0.25) is 9.29 Å². The van der Waals surface area contributed by atoms with Crippen LogP contribution in [-0.2, 0) is 16.4 Å². The minimum Gasteiger partial charge on any atom is -0.263 e. The van der Waals surface area contributed by atoms with Gasteiger partial charge in [-0.2, -0.15) is 0 Å². The standard InChI is InChI=1S/C19H17FN2O2S/c1-13-11-15-6-3-9-17(18(15)21-12-13)25(23,24)22-10-4-7-14-5-2-8-16(20)19(14)22/h2-3,5-6,8-9,11-12H,4,7,10H2,1H3. The van der Waals surface area contributed by atoms with Crippen LogP contribution in [0.2, 0.25) is 0 Å². The second-order valence-corrected chi connectivity index (χ2v) is 8.10. The Hall–Kier alpha value is -2.47. The molecule has 3 aromatic rings. The molecule has 4 nitrogen and oxygen atoms in total. The topological polar surface area (TPSA) is 50.3 Å². The molecule has 0 bridgehead atoms. The number of hydrogen-bond donors (Lipinski definition) is 0. The number of aromatic nitrogens is 1. The summed E-state index contributed by atoms with van der Waals surface area (Å²) in [5, 5.41) is 0.756. The normalized spacial score (nSPS) is 14.6. The number of rotatable bonds is 2. The molecular formula is C19H17FN2O2S. The van der Waals surface area contributed by atoms with Gasteiger partial charge < -0.3 is 0 Å². The number of aryl methyl sites for hydroxylation is 2. The number of pyridine rings is 1. The van der Waals surface area contributed by atoms with Crippen molar-refractivity contribution in [2.75, 3.05) is 10.8 Å². The van der Waals surface area contributed by atoms with E-state index in [2.05, 4.69) is 4.98 Å². The summed E-state index contributed by atoms with van der Waals surface area (Å²) in [6.45, 7) is 2.17. The average molecular weight is 356 g/mol. The number of sulfonamides is 1. The van der Waals surface area contributed by atoms with Crippen molar-refractivity contribution in [3.63, 3.8) is 0 Å². The zero-order valence-electron chi connectivity index (χ0n) is 13.7. The van der Waals surface area contributed by atoms with E-state index in [1.54, 1.807) is 24.4 Å². The minimum atomic E-state index is -3.91. The van der Waals surface area contributed by atoms with Crippen LogP contribution in [0.5, 0.6) is 0 Å². The van der Waals surface area contributed by atoms with Gasteiger partial charge in [-0.05, 0) is 49.1 Å². The third-order valence-electron chi connectivity index (χ3n) is 4.51. The van der Waals surface area contributed by atoms with Crippen LogP contribution in [0.1, 0.15) is 17.5 Å².